The van der Waals surface area contributed by atoms with E-state index in [0.717, 1.165) is 27.3 Å². The van der Waals surface area contributed by atoms with Crippen LogP contribution in [0.5, 0.6) is 11.5 Å². The van der Waals surface area contributed by atoms with E-state index in [-0.39, 0.29) is 17.7 Å². The SMILES string of the molecule is COc1ccc(CCN2C(=O)c3[nH]nc(-c4cc(Cl)ccc4O)c3C2c2ccc(SC)cc2)cc1. The molecule has 178 valence electrons. The first kappa shape index (κ1) is 23.3. The average Bonchev–Trinajstić information content (AvgIpc) is 3.43. The number of halogens is 1. The molecule has 8 heteroatoms. The molecule has 2 N–H and O–H groups in total. The molecule has 1 amide bonds. The van der Waals surface area contributed by atoms with Crippen molar-refractivity contribution in [2.24, 2.45) is 0 Å². The van der Waals surface area contributed by atoms with Crippen LogP contribution in [0.15, 0.2) is 71.6 Å². The molecule has 1 unspecified atom stereocenters. The van der Waals surface area contributed by atoms with Gasteiger partial charge in [-0.3, -0.25) is 9.89 Å². The van der Waals surface area contributed by atoms with Crippen molar-refractivity contribution in [3.63, 3.8) is 0 Å². The van der Waals surface area contributed by atoms with E-state index in [4.69, 9.17) is 16.3 Å². The lowest BCUT2D eigenvalue weighted by molar-refractivity contribution is 0.0746. The van der Waals surface area contributed by atoms with E-state index in [1.54, 1.807) is 37.1 Å². The molecule has 0 bridgehead atoms. The maximum absolute atomic E-state index is 13.6. The van der Waals surface area contributed by atoms with Gasteiger partial charge in [-0.05, 0) is 66.3 Å². The Hall–Kier alpha value is -3.42. The molecule has 2 heterocycles. The Labute approximate surface area is 212 Å². The zero-order valence-electron chi connectivity index (χ0n) is 19.3. The number of H-pyrrole nitrogens is 1. The predicted octanol–water partition coefficient (Wildman–Crippen LogP) is 5.95. The van der Waals surface area contributed by atoms with Gasteiger partial charge in [0.25, 0.3) is 5.91 Å². The van der Waals surface area contributed by atoms with Crippen LogP contribution in [0.4, 0.5) is 0 Å². The number of benzene rings is 3. The monoisotopic (exact) mass is 505 g/mol. The third-order valence-electron chi connectivity index (χ3n) is 6.31. The molecule has 4 aromatic rings. The quantitative estimate of drug-likeness (QED) is 0.303. The fraction of sp³-hybridized carbons (Fsp3) is 0.185. The largest absolute Gasteiger partial charge is 0.507 e. The standard InChI is InChI=1S/C27H24ClN3O3S/c1-34-19-8-3-16(4-9-19)13-14-31-26(17-5-10-20(35-2)11-6-17)23-24(29-30-25(23)27(31)33)21-15-18(28)7-12-22(21)32/h3-12,15,26,32H,13-14H2,1-2H3,(H,29,30). The second-order valence-electron chi connectivity index (χ2n) is 8.29. The smallest absolute Gasteiger partial charge is 0.273 e. The predicted molar refractivity (Wildman–Crippen MR) is 138 cm³/mol. The Kier molecular flexibility index (Phi) is 6.45. The topological polar surface area (TPSA) is 78.5 Å². The number of aromatic hydroxyl groups is 1. The van der Waals surface area contributed by atoms with E-state index in [9.17, 15) is 9.90 Å². The van der Waals surface area contributed by atoms with Crippen LogP contribution in [0.25, 0.3) is 11.3 Å². The average molecular weight is 506 g/mol. The van der Waals surface area contributed by atoms with Gasteiger partial charge in [0.1, 0.15) is 22.9 Å². The highest BCUT2D eigenvalue weighted by Gasteiger charge is 2.42. The van der Waals surface area contributed by atoms with Crippen molar-refractivity contribution in [2.45, 2.75) is 17.4 Å². The van der Waals surface area contributed by atoms with Gasteiger partial charge < -0.3 is 14.7 Å². The molecule has 0 fully saturated rings. The van der Waals surface area contributed by atoms with Crippen LogP contribution in [-0.4, -0.2) is 46.0 Å². The Morgan fingerprint density at radius 2 is 1.86 bits per heavy atom. The number of rotatable bonds is 7. The number of carbonyl (C=O) groups is 1. The number of phenolic OH excluding ortho intramolecular Hbond substituents is 1. The summed E-state index contributed by atoms with van der Waals surface area (Å²) in [6.45, 7) is 0.517. The molecule has 0 saturated carbocycles. The number of ether oxygens (including phenoxy) is 1. The van der Waals surface area contributed by atoms with E-state index in [0.29, 0.717) is 34.9 Å². The highest BCUT2D eigenvalue weighted by Crippen LogP contribution is 2.45. The summed E-state index contributed by atoms with van der Waals surface area (Å²) in [7, 11) is 1.64. The lowest BCUT2D eigenvalue weighted by atomic mass is 9.95. The number of hydrogen-bond acceptors (Lipinski definition) is 5. The van der Waals surface area contributed by atoms with Gasteiger partial charge in [0.05, 0.1) is 13.2 Å². The van der Waals surface area contributed by atoms with Crippen LogP contribution in [0.1, 0.15) is 33.2 Å². The van der Waals surface area contributed by atoms with Crippen molar-refractivity contribution in [3.8, 4) is 22.8 Å². The van der Waals surface area contributed by atoms with Crippen molar-refractivity contribution in [1.29, 1.82) is 0 Å². The first-order valence-corrected chi connectivity index (χ1v) is 12.8. The van der Waals surface area contributed by atoms with Crippen LogP contribution < -0.4 is 4.74 Å². The summed E-state index contributed by atoms with van der Waals surface area (Å²) in [4.78, 5) is 16.6. The van der Waals surface area contributed by atoms with Crippen LogP contribution in [0, 0.1) is 0 Å². The van der Waals surface area contributed by atoms with Crippen molar-refractivity contribution >= 4 is 29.3 Å². The van der Waals surface area contributed by atoms with E-state index in [1.165, 1.54) is 0 Å². The molecular weight excluding hydrogens is 482 g/mol. The van der Waals surface area contributed by atoms with Gasteiger partial charge in [-0.1, -0.05) is 35.9 Å². The van der Waals surface area contributed by atoms with E-state index < -0.39 is 0 Å². The summed E-state index contributed by atoms with van der Waals surface area (Å²) in [6.07, 6.45) is 2.72. The third kappa shape index (κ3) is 4.37. The molecule has 6 nitrogen and oxygen atoms in total. The minimum atomic E-state index is -0.348. The van der Waals surface area contributed by atoms with Gasteiger partial charge in [-0.25, -0.2) is 0 Å². The minimum absolute atomic E-state index is 0.0595. The normalized spacial score (nSPS) is 14.9. The van der Waals surface area contributed by atoms with Crippen LogP contribution >= 0.6 is 23.4 Å². The minimum Gasteiger partial charge on any atom is -0.507 e. The van der Waals surface area contributed by atoms with Gasteiger partial charge >= 0.3 is 0 Å². The van der Waals surface area contributed by atoms with E-state index in [1.807, 2.05) is 47.6 Å². The molecule has 0 radical (unpaired) electrons. The maximum atomic E-state index is 13.6. The van der Waals surface area contributed by atoms with Crippen molar-refractivity contribution in [1.82, 2.24) is 15.1 Å². The summed E-state index contributed by atoms with van der Waals surface area (Å²) < 4.78 is 5.26. The Morgan fingerprint density at radius 1 is 1.11 bits per heavy atom. The molecular formula is C27H24ClN3O3S. The number of aromatic amines is 1. The molecule has 0 spiro atoms. The molecule has 0 saturated heterocycles. The summed E-state index contributed by atoms with van der Waals surface area (Å²) >= 11 is 7.90. The zero-order valence-corrected chi connectivity index (χ0v) is 20.9. The number of carbonyl (C=O) groups excluding carboxylic acids is 1. The fourth-order valence-electron chi connectivity index (χ4n) is 4.51. The van der Waals surface area contributed by atoms with Crippen LogP contribution in [0.2, 0.25) is 5.02 Å². The van der Waals surface area contributed by atoms with E-state index >= 15 is 0 Å². The molecule has 1 aromatic heterocycles. The van der Waals surface area contributed by atoms with Gasteiger partial charge in [0.2, 0.25) is 0 Å². The summed E-state index contributed by atoms with van der Waals surface area (Å²) in [5.74, 6) is 0.738. The van der Waals surface area contributed by atoms with Crippen LogP contribution in [-0.2, 0) is 6.42 Å². The second-order valence-corrected chi connectivity index (χ2v) is 9.61. The van der Waals surface area contributed by atoms with Crippen molar-refractivity contribution in [3.05, 3.63) is 94.1 Å². The van der Waals surface area contributed by atoms with E-state index in [2.05, 4.69) is 22.3 Å². The van der Waals surface area contributed by atoms with Gasteiger partial charge in [0.15, 0.2) is 0 Å². The Bertz CT molecular complexity index is 1370. The van der Waals surface area contributed by atoms with Gasteiger partial charge in [0, 0.05) is 27.6 Å². The van der Waals surface area contributed by atoms with Crippen LogP contribution in [0.3, 0.4) is 0 Å². The molecule has 5 rings (SSSR count). The maximum Gasteiger partial charge on any atom is 0.273 e. The number of fused-ring (bicyclic) bond motifs is 1. The summed E-state index contributed by atoms with van der Waals surface area (Å²) in [6, 6.07) is 20.6. The zero-order chi connectivity index (χ0) is 24.5. The number of aromatic nitrogens is 2. The first-order valence-electron chi connectivity index (χ1n) is 11.1. The second kappa shape index (κ2) is 9.68. The molecule has 0 aliphatic carbocycles. The van der Waals surface area contributed by atoms with Gasteiger partial charge in [-0.2, -0.15) is 5.10 Å². The lowest BCUT2D eigenvalue weighted by Crippen LogP contribution is -2.31. The number of nitrogens with zero attached hydrogens (tertiary/aromatic N) is 2. The number of methoxy groups -OCH3 is 1. The third-order valence-corrected chi connectivity index (χ3v) is 7.29. The number of nitrogens with one attached hydrogen (secondary N) is 1. The summed E-state index contributed by atoms with van der Waals surface area (Å²) in [5.41, 5.74) is 4.29. The molecule has 1 aliphatic rings. The molecule has 35 heavy (non-hydrogen) atoms. The highest BCUT2D eigenvalue weighted by atomic mass is 35.5. The number of phenols is 1. The first-order chi connectivity index (χ1) is 17.0. The number of amides is 1. The summed E-state index contributed by atoms with van der Waals surface area (Å²) in [5, 5.41) is 18.4. The fourth-order valence-corrected chi connectivity index (χ4v) is 5.09. The van der Waals surface area contributed by atoms with Crippen molar-refractivity contribution in [2.75, 3.05) is 19.9 Å². The highest BCUT2D eigenvalue weighted by molar-refractivity contribution is 7.98. The molecule has 1 aliphatic heterocycles. The number of thioether (sulfide) groups is 1. The Balaban J connectivity index is 1.56. The Morgan fingerprint density at radius 3 is 2.54 bits per heavy atom. The number of hydrogen-bond donors (Lipinski definition) is 2. The lowest BCUT2D eigenvalue weighted by Gasteiger charge is -2.26. The molecule has 3 aromatic carbocycles. The molecule has 1 atom stereocenters. The van der Waals surface area contributed by atoms with Crippen molar-refractivity contribution < 1.29 is 14.6 Å². The van der Waals surface area contributed by atoms with Gasteiger partial charge in [-0.15, -0.1) is 11.8 Å².